The Labute approximate surface area is 124 Å². The molecule has 112 valence electrons. The van der Waals surface area contributed by atoms with Gasteiger partial charge in [-0.15, -0.1) is 11.3 Å². The van der Waals surface area contributed by atoms with Gasteiger partial charge in [0.15, 0.2) is 5.60 Å². The first-order valence-electron chi connectivity index (χ1n) is 6.55. The number of thiophene rings is 1. The Morgan fingerprint density at radius 3 is 3.00 bits per heavy atom. The first kappa shape index (κ1) is 14.7. The fourth-order valence-electron chi connectivity index (χ4n) is 3.12. The molecule has 1 saturated heterocycles. The van der Waals surface area contributed by atoms with Gasteiger partial charge in [0.05, 0.1) is 10.9 Å². The fraction of sp³-hybridized carbons (Fsp3) is 0.692. The molecule has 3 rings (SSSR count). The predicted octanol–water partition coefficient (Wildman–Crippen LogP) is 2.85. The second-order valence-electron chi connectivity index (χ2n) is 5.61. The molecule has 7 heteroatoms. The van der Waals surface area contributed by atoms with Crippen LogP contribution in [0.15, 0.2) is 6.07 Å². The average Bonchev–Trinajstić information content (AvgIpc) is 2.78. The number of ether oxygens (including phenoxy) is 1. The molecule has 3 heterocycles. The zero-order valence-corrected chi connectivity index (χ0v) is 12.5. The molecule has 0 bridgehead atoms. The third kappa shape index (κ3) is 2.09. The zero-order chi connectivity index (χ0) is 14.5. The Morgan fingerprint density at radius 2 is 2.35 bits per heavy atom. The minimum atomic E-state index is -2.90. The Bertz CT molecular complexity index is 526. The minimum Gasteiger partial charge on any atom is -0.377 e. The highest BCUT2D eigenvalue weighted by Gasteiger charge is 2.54. The largest absolute Gasteiger partial charge is 0.377 e. The molecule has 2 aliphatic rings. The second-order valence-corrected chi connectivity index (χ2v) is 7.29. The van der Waals surface area contributed by atoms with Gasteiger partial charge in [0.25, 0.3) is 6.43 Å². The normalized spacial score (nSPS) is 37.4. The molecular weight excluding hydrogens is 308 g/mol. The predicted molar refractivity (Wildman–Crippen MR) is 73.6 cm³/mol. The van der Waals surface area contributed by atoms with E-state index in [9.17, 15) is 13.9 Å². The van der Waals surface area contributed by atoms with Crippen LogP contribution in [0.3, 0.4) is 0 Å². The summed E-state index contributed by atoms with van der Waals surface area (Å²) in [5.74, 6) is 0. The molecule has 0 aliphatic carbocycles. The van der Waals surface area contributed by atoms with E-state index in [4.69, 9.17) is 16.3 Å². The molecule has 20 heavy (non-hydrogen) atoms. The fourth-order valence-corrected chi connectivity index (χ4v) is 4.61. The zero-order valence-electron chi connectivity index (χ0n) is 11.0. The number of hydrogen-bond donors (Lipinski definition) is 2. The van der Waals surface area contributed by atoms with Gasteiger partial charge in [-0.05, 0) is 32.4 Å². The molecule has 2 N–H and O–H groups in total. The van der Waals surface area contributed by atoms with E-state index in [1.807, 2.05) is 6.92 Å². The van der Waals surface area contributed by atoms with E-state index in [1.54, 1.807) is 0 Å². The minimum absolute atomic E-state index is 0.232. The van der Waals surface area contributed by atoms with Crippen LogP contribution in [0.5, 0.6) is 0 Å². The molecule has 0 aromatic carbocycles. The highest BCUT2D eigenvalue weighted by molar-refractivity contribution is 7.16. The van der Waals surface area contributed by atoms with Crippen molar-refractivity contribution in [2.45, 2.75) is 43.4 Å². The summed E-state index contributed by atoms with van der Waals surface area (Å²) in [6.45, 7) is 2.40. The Kier molecular flexibility index (Phi) is 3.58. The molecule has 3 nitrogen and oxygen atoms in total. The van der Waals surface area contributed by atoms with Crippen LogP contribution >= 0.6 is 22.9 Å². The van der Waals surface area contributed by atoms with Crippen molar-refractivity contribution in [3.8, 4) is 0 Å². The van der Waals surface area contributed by atoms with E-state index in [1.165, 1.54) is 17.4 Å². The SMILES string of the molecule is C[C@H]1C[C@@]2(CCN1)OC[C@](O)(C(F)F)c1cc(Cl)sc12. The van der Waals surface area contributed by atoms with Crippen molar-refractivity contribution in [1.82, 2.24) is 5.32 Å². The molecule has 2 aliphatic heterocycles. The quantitative estimate of drug-likeness (QED) is 0.835. The number of rotatable bonds is 1. The van der Waals surface area contributed by atoms with Crippen LogP contribution in [0.25, 0.3) is 0 Å². The number of halogens is 3. The molecule has 1 fully saturated rings. The molecule has 0 saturated carbocycles. The monoisotopic (exact) mass is 323 g/mol. The number of fused-ring (bicyclic) bond motifs is 2. The third-order valence-corrected chi connectivity index (χ3v) is 5.62. The lowest BCUT2D eigenvalue weighted by atomic mass is 9.79. The maximum Gasteiger partial charge on any atom is 0.273 e. The topological polar surface area (TPSA) is 41.5 Å². The number of piperidine rings is 1. The van der Waals surface area contributed by atoms with Gasteiger partial charge in [-0.2, -0.15) is 0 Å². The summed E-state index contributed by atoms with van der Waals surface area (Å²) in [4.78, 5) is 0.657. The van der Waals surface area contributed by atoms with E-state index in [-0.39, 0.29) is 11.6 Å². The van der Waals surface area contributed by atoms with Gasteiger partial charge in [-0.3, -0.25) is 0 Å². The van der Waals surface area contributed by atoms with Crippen molar-refractivity contribution < 1.29 is 18.6 Å². The van der Waals surface area contributed by atoms with E-state index < -0.39 is 24.2 Å². The summed E-state index contributed by atoms with van der Waals surface area (Å²) in [7, 11) is 0. The van der Waals surface area contributed by atoms with Gasteiger partial charge in [0, 0.05) is 16.5 Å². The van der Waals surface area contributed by atoms with Crippen LogP contribution in [0.4, 0.5) is 8.78 Å². The van der Waals surface area contributed by atoms with Crippen molar-refractivity contribution in [3.05, 3.63) is 20.8 Å². The molecule has 3 atom stereocenters. The summed E-state index contributed by atoms with van der Waals surface area (Å²) in [5.41, 5.74) is -2.61. The molecule has 1 spiro atoms. The number of aliphatic hydroxyl groups is 1. The summed E-state index contributed by atoms with van der Waals surface area (Å²) >= 11 is 7.25. The maximum absolute atomic E-state index is 13.2. The average molecular weight is 324 g/mol. The number of nitrogens with one attached hydrogen (secondary N) is 1. The molecule has 0 radical (unpaired) electrons. The van der Waals surface area contributed by atoms with Crippen molar-refractivity contribution in [2.24, 2.45) is 0 Å². The highest BCUT2D eigenvalue weighted by atomic mass is 35.5. The molecule has 1 aromatic heterocycles. The first-order valence-corrected chi connectivity index (χ1v) is 7.75. The molecule has 0 unspecified atom stereocenters. The van der Waals surface area contributed by atoms with Gasteiger partial charge in [-0.25, -0.2) is 8.78 Å². The summed E-state index contributed by atoms with van der Waals surface area (Å²) in [6.07, 6.45) is -1.51. The van der Waals surface area contributed by atoms with Crippen LogP contribution in [-0.2, 0) is 15.9 Å². The van der Waals surface area contributed by atoms with Gasteiger partial charge in [0.2, 0.25) is 0 Å². The second kappa shape index (κ2) is 4.88. The number of alkyl halides is 2. The van der Waals surface area contributed by atoms with Crippen LogP contribution in [0.2, 0.25) is 4.34 Å². The number of hydrogen-bond acceptors (Lipinski definition) is 4. The van der Waals surface area contributed by atoms with Crippen molar-refractivity contribution in [2.75, 3.05) is 13.2 Å². The van der Waals surface area contributed by atoms with Gasteiger partial charge in [0.1, 0.15) is 5.60 Å². The maximum atomic E-state index is 13.2. The van der Waals surface area contributed by atoms with Crippen LogP contribution < -0.4 is 5.32 Å². The van der Waals surface area contributed by atoms with Gasteiger partial charge >= 0.3 is 0 Å². The summed E-state index contributed by atoms with van der Waals surface area (Å²) < 4.78 is 32.7. The molecule has 1 aromatic rings. The lowest BCUT2D eigenvalue weighted by Crippen LogP contribution is -2.54. The first-order chi connectivity index (χ1) is 9.37. The summed E-state index contributed by atoms with van der Waals surface area (Å²) in [5, 5.41) is 13.6. The highest BCUT2D eigenvalue weighted by Crippen LogP contribution is 2.52. The van der Waals surface area contributed by atoms with Crippen molar-refractivity contribution in [3.63, 3.8) is 0 Å². The smallest absolute Gasteiger partial charge is 0.273 e. The van der Waals surface area contributed by atoms with E-state index in [0.717, 1.165) is 6.54 Å². The molecular formula is C13H16ClF2NO2S. The van der Waals surface area contributed by atoms with Crippen molar-refractivity contribution >= 4 is 22.9 Å². The van der Waals surface area contributed by atoms with Gasteiger partial charge in [-0.1, -0.05) is 11.6 Å². The van der Waals surface area contributed by atoms with Crippen LogP contribution in [-0.4, -0.2) is 30.7 Å². The lowest BCUT2D eigenvalue weighted by molar-refractivity contribution is -0.204. The Balaban J connectivity index is 2.09. The summed E-state index contributed by atoms with van der Waals surface area (Å²) in [6, 6.07) is 1.69. The van der Waals surface area contributed by atoms with E-state index in [2.05, 4.69) is 5.32 Å². The lowest BCUT2D eigenvalue weighted by Gasteiger charge is -2.46. The van der Waals surface area contributed by atoms with Crippen molar-refractivity contribution in [1.29, 1.82) is 0 Å². The standard InChI is InChI=1S/C13H16ClF2NO2S/c1-7-5-12(2-3-17-7)10-8(4-9(14)20-10)13(18,6-19-12)11(15)16/h4,7,11,17-18H,2-3,5-6H2,1H3/t7-,12+,13+/m0/s1. The molecule has 0 amide bonds. The Morgan fingerprint density at radius 1 is 1.60 bits per heavy atom. The Hall–Kier alpha value is -0.270. The van der Waals surface area contributed by atoms with E-state index in [0.29, 0.717) is 22.1 Å². The van der Waals surface area contributed by atoms with Crippen LogP contribution in [0.1, 0.15) is 30.2 Å². The third-order valence-electron chi connectivity index (χ3n) is 4.17. The van der Waals surface area contributed by atoms with E-state index >= 15 is 0 Å². The van der Waals surface area contributed by atoms with Crippen LogP contribution in [0, 0.1) is 0 Å². The van der Waals surface area contributed by atoms with Gasteiger partial charge < -0.3 is 15.2 Å².